The second kappa shape index (κ2) is 15.5. The van der Waals surface area contributed by atoms with E-state index in [2.05, 4.69) is 16.0 Å². The first-order valence-electron chi connectivity index (χ1n) is 14.5. The smallest absolute Gasteiger partial charge is 0.252 e. The molecule has 3 aliphatic rings. The Morgan fingerprint density at radius 3 is 2.60 bits per heavy atom. The highest BCUT2D eigenvalue weighted by Crippen LogP contribution is 2.37. The minimum absolute atomic E-state index is 0.0392. The van der Waals surface area contributed by atoms with E-state index in [0.29, 0.717) is 31.7 Å². The van der Waals surface area contributed by atoms with E-state index < -0.39 is 85.1 Å². The number of ether oxygens (including phenoxy) is 3. The molecule has 15 N–H and O–H groups in total. The van der Waals surface area contributed by atoms with Gasteiger partial charge in [-0.15, -0.1) is 0 Å². The van der Waals surface area contributed by atoms with Crippen LogP contribution in [0.4, 0.5) is 4.39 Å². The monoisotopic (exact) mass is 607 g/mol. The highest BCUT2D eigenvalue weighted by atomic mass is 19.1. The van der Waals surface area contributed by atoms with Gasteiger partial charge in [0.1, 0.15) is 35.8 Å². The molecular weight excluding hydrogens is 557 g/mol. The molecule has 0 aromatic carbocycles. The normalized spacial score (nSPS) is 40.5. The summed E-state index contributed by atoms with van der Waals surface area (Å²) >= 11 is 0. The fourth-order valence-corrected chi connectivity index (χ4v) is 6.10. The SMILES string of the molecule is CN[C@@H]1[C@@H](O)[C@@H](O[C@H]2[C@H](NC(=O)C(O)C(F)CN)C[C@H](N)C([C@H]3OC(CN)=CC[C@H]3NCCCN)[C@@H]2O)OC[C@]1(C)O. The lowest BCUT2D eigenvalue weighted by molar-refractivity contribution is -0.297. The first kappa shape index (κ1) is 34.9. The molecule has 2 aliphatic heterocycles. The van der Waals surface area contributed by atoms with Crippen molar-refractivity contribution in [2.24, 2.45) is 28.9 Å². The quantitative estimate of drug-likeness (QED) is 0.0878. The zero-order chi connectivity index (χ0) is 31.2. The molecule has 13 atom stereocenters. The number of aliphatic hydroxyl groups is 4. The molecule has 0 bridgehead atoms. The Kier molecular flexibility index (Phi) is 12.9. The lowest BCUT2D eigenvalue weighted by Gasteiger charge is -2.51. The molecule has 0 radical (unpaired) electrons. The zero-order valence-corrected chi connectivity index (χ0v) is 24.3. The van der Waals surface area contributed by atoms with Crippen LogP contribution < -0.4 is 38.9 Å². The molecule has 2 fully saturated rings. The van der Waals surface area contributed by atoms with E-state index in [4.69, 9.17) is 37.1 Å². The van der Waals surface area contributed by atoms with Gasteiger partial charge in [-0.25, -0.2) is 4.39 Å². The Morgan fingerprint density at radius 2 is 1.98 bits per heavy atom. The highest BCUT2D eigenvalue weighted by molar-refractivity contribution is 5.81. The first-order chi connectivity index (χ1) is 19.9. The average Bonchev–Trinajstić information content (AvgIpc) is 2.95. The van der Waals surface area contributed by atoms with Gasteiger partial charge < -0.3 is 73.5 Å². The molecule has 1 aliphatic carbocycles. The number of likely N-dealkylation sites (N-methyl/N-ethyl adjacent to an activating group) is 1. The number of hydrogen-bond donors (Lipinski definition) is 11. The number of aliphatic hydroxyl groups excluding tert-OH is 3. The zero-order valence-electron chi connectivity index (χ0n) is 24.3. The number of hydrogen-bond acceptors (Lipinski definition) is 14. The van der Waals surface area contributed by atoms with Crippen LogP contribution in [-0.4, -0.2) is 139 Å². The van der Waals surface area contributed by atoms with Crippen LogP contribution >= 0.6 is 0 Å². The number of halogens is 1. The minimum atomic E-state index is -2.06. The fourth-order valence-electron chi connectivity index (χ4n) is 6.10. The van der Waals surface area contributed by atoms with Crippen molar-refractivity contribution in [2.45, 2.75) is 98.9 Å². The number of alkyl halides is 1. The van der Waals surface area contributed by atoms with Crippen molar-refractivity contribution in [3.63, 3.8) is 0 Å². The number of carbonyl (C=O) groups excluding carboxylic acids is 1. The van der Waals surface area contributed by atoms with Gasteiger partial charge in [-0.05, 0) is 52.4 Å². The van der Waals surface area contributed by atoms with Gasteiger partial charge in [0.05, 0.1) is 31.3 Å². The molecule has 1 saturated heterocycles. The van der Waals surface area contributed by atoms with Crippen LogP contribution in [0.1, 0.15) is 26.2 Å². The lowest BCUT2D eigenvalue weighted by atomic mass is 9.72. The summed E-state index contributed by atoms with van der Waals surface area (Å²) in [5.74, 6) is -1.28. The van der Waals surface area contributed by atoms with Crippen LogP contribution in [0.5, 0.6) is 0 Å². The summed E-state index contributed by atoms with van der Waals surface area (Å²) in [4.78, 5) is 12.7. The lowest BCUT2D eigenvalue weighted by Crippen LogP contribution is -2.70. The average molecular weight is 608 g/mol. The molecule has 244 valence electrons. The fraction of sp³-hybridized carbons (Fsp3) is 0.885. The number of nitrogens with two attached hydrogens (primary N) is 4. The van der Waals surface area contributed by atoms with Crippen molar-refractivity contribution < 1.29 is 43.8 Å². The summed E-state index contributed by atoms with van der Waals surface area (Å²) in [6.45, 7) is 1.93. The summed E-state index contributed by atoms with van der Waals surface area (Å²) in [5, 5.41) is 52.4. The molecule has 3 rings (SSSR count). The van der Waals surface area contributed by atoms with Gasteiger partial charge in [-0.2, -0.15) is 0 Å². The summed E-state index contributed by atoms with van der Waals surface area (Å²) < 4.78 is 32.0. The van der Waals surface area contributed by atoms with E-state index in [0.717, 1.165) is 0 Å². The Balaban J connectivity index is 1.91. The van der Waals surface area contributed by atoms with Crippen molar-refractivity contribution in [1.29, 1.82) is 0 Å². The van der Waals surface area contributed by atoms with Crippen LogP contribution in [0.2, 0.25) is 0 Å². The first-order valence-corrected chi connectivity index (χ1v) is 14.5. The van der Waals surface area contributed by atoms with Crippen LogP contribution in [0.3, 0.4) is 0 Å². The predicted octanol–water partition coefficient (Wildman–Crippen LogP) is -4.78. The number of rotatable bonds is 13. The maximum Gasteiger partial charge on any atom is 0.252 e. The van der Waals surface area contributed by atoms with E-state index in [1.807, 2.05) is 6.08 Å². The molecule has 15 nitrogen and oxygen atoms in total. The Bertz CT molecular complexity index is 905. The van der Waals surface area contributed by atoms with Crippen molar-refractivity contribution in [2.75, 3.05) is 39.8 Å². The van der Waals surface area contributed by atoms with E-state index >= 15 is 0 Å². The standard InChI is InChI=1S/C26H50FN7O8/c1-26(39)11-40-25(20(37)23(26)32-2)42-22-16(34-24(38)18(35)13(27)10-30)8-14(31)17(19(22)36)21-15(33-7-3-6-28)5-4-12(9-29)41-21/h4,13-23,25,32-33,35-37,39H,3,5-11,28-31H2,1-2H3,(H,34,38)/t13?,14-,15+,16+,17?,18?,19-,20+,21-,22-,23+,25+,26-/m0/s1. The topological polar surface area (TPSA) is 266 Å². The third-order valence-corrected chi connectivity index (χ3v) is 8.40. The summed E-state index contributed by atoms with van der Waals surface area (Å²) in [7, 11) is 1.56. The summed E-state index contributed by atoms with van der Waals surface area (Å²) in [6, 6.07) is -2.89. The molecule has 0 aromatic heterocycles. The van der Waals surface area contributed by atoms with Crippen molar-refractivity contribution in [3.8, 4) is 0 Å². The largest absolute Gasteiger partial charge is 0.492 e. The predicted molar refractivity (Wildman–Crippen MR) is 150 cm³/mol. The maximum atomic E-state index is 14.0. The maximum absolute atomic E-state index is 14.0. The van der Waals surface area contributed by atoms with Crippen molar-refractivity contribution >= 4 is 5.91 Å². The second-order valence-electron chi connectivity index (χ2n) is 11.6. The van der Waals surface area contributed by atoms with Gasteiger partial charge in [0.15, 0.2) is 12.4 Å². The van der Waals surface area contributed by atoms with Crippen molar-refractivity contribution in [1.82, 2.24) is 16.0 Å². The molecule has 1 amide bonds. The molecule has 1 saturated carbocycles. The minimum Gasteiger partial charge on any atom is -0.492 e. The van der Waals surface area contributed by atoms with E-state index in [9.17, 15) is 29.6 Å². The third-order valence-electron chi connectivity index (χ3n) is 8.40. The van der Waals surface area contributed by atoms with Crippen LogP contribution in [0, 0.1) is 5.92 Å². The molecule has 3 unspecified atom stereocenters. The number of amides is 1. The van der Waals surface area contributed by atoms with Crippen LogP contribution in [-0.2, 0) is 19.0 Å². The van der Waals surface area contributed by atoms with Gasteiger partial charge >= 0.3 is 0 Å². The molecule has 16 heteroatoms. The Morgan fingerprint density at radius 1 is 1.26 bits per heavy atom. The van der Waals surface area contributed by atoms with Gasteiger partial charge in [-0.3, -0.25) is 4.79 Å². The molecule has 42 heavy (non-hydrogen) atoms. The van der Waals surface area contributed by atoms with E-state index in [-0.39, 0.29) is 25.6 Å². The van der Waals surface area contributed by atoms with Gasteiger partial charge in [-0.1, -0.05) is 0 Å². The molecule has 0 spiro atoms. The third kappa shape index (κ3) is 7.94. The molecule has 2 heterocycles. The van der Waals surface area contributed by atoms with Crippen LogP contribution in [0.15, 0.2) is 11.8 Å². The Hall–Kier alpha value is -1.54. The summed E-state index contributed by atoms with van der Waals surface area (Å²) in [6.07, 6.45) is -6.89. The number of carbonyl (C=O) groups is 1. The van der Waals surface area contributed by atoms with E-state index in [1.165, 1.54) is 6.92 Å². The van der Waals surface area contributed by atoms with Gasteiger partial charge in [0.25, 0.3) is 5.91 Å². The summed E-state index contributed by atoms with van der Waals surface area (Å²) in [5.41, 5.74) is 22.0. The second-order valence-corrected chi connectivity index (χ2v) is 11.6. The molecular formula is C26H50FN7O8. The van der Waals surface area contributed by atoms with Crippen molar-refractivity contribution in [3.05, 3.63) is 11.8 Å². The van der Waals surface area contributed by atoms with Crippen LogP contribution in [0.25, 0.3) is 0 Å². The Labute approximate surface area is 245 Å². The molecule has 0 aromatic rings. The number of nitrogens with one attached hydrogen (secondary N) is 3. The van der Waals surface area contributed by atoms with Gasteiger partial charge in [0.2, 0.25) is 0 Å². The van der Waals surface area contributed by atoms with E-state index in [1.54, 1.807) is 7.05 Å². The highest BCUT2D eigenvalue weighted by Gasteiger charge is 2.53. The van der Waals surface area contributed by atoms with Gasteiger partial charge in [0, 0.05) is 24.5 Å².